The van der Waals surface area contributed by atoms with Crippen LogP contribution in [0.4, 0.5) is 0 Å². The van der Waals surface area contributed by atoms with Gasteiger partial charge in [0.25, 0.3) is 0 Å². The maximum absolute atomic E-state index is 9.38. The molecule has 0 saturated carbocycles. The minimum atomic E-state index is -4.27. The molecule has 2 rings (SSSR count). The molecule has 0 spiro atoms. The van der Waals surface area contributed by atoms with Crippen LogP contribution in [0.1, 0.15) is 11.1 Å². The standard InChI is InChI=1S/C14H14O3Si/c15-18(16,17)14-9-5-4-8-13(14)11-10-12-6-2-1-3-7-12/h1-11,15-17H. The predicted octanol–water partition coefficient (Wildman–Crippen LogP) is 0.980. The highest BCUT2D eigenvalue weighted by atomic mass is 28.4. The first-order valence-corrected chi connectivity index (χ1v) is 7.41. The molecule has 4 heteroatoms. The average Bonchev–Trinajstić information content (AvgIpc) is 2.37. The van der Waals surface area contributed by atoms with Gasteiger partial charge in [0.05, 0.1) is 0 Å². The Morgan fingerprint density at radius 1 is 0.722 bits per heavy atom. The molecule has 18 heavy (non-hydrogen) atoms. The van der Waals surface area contributed by atoms with Crippen LogP contribution in [0, 0.1) is 0 Å². The van der Waals surface area contributed by atoms with E-state index < -0.39 is 8.80 Å². The molecule has 2 aromatic rings. The van der Waals surface area contributed by atoms with Gasteiger partial charge < -0.3 is 14.4 Å². The highest BCUT2D eigenvalue weighted by molar-refractivity contribution is 6.72. The van der Waals surface area contributed by atoms with Crippen molar-refractivity contribution in [3.8, 4) is 0 Å². The summed E-state index contributed by atoms with van der Waals surface area (Å²) in [6, 6.07) is 16.4. The van der Waals surface area contributed by atoms with Crippen molar-refractivity contribution in [3.63, 3.8) is 0 Å². The first-order valence-electron chi connectivity index (χ1n) is 5.57. The molecule has 3 N–H and O–H groups in total. The predicted molar refractivity (Wildman–Crippen MR) is 73.9 cm³/mol. The number of hydrogen-bond acceptors (Lipinski definition) is 3. The quantitative estimate of drug-likeness (QED) is 0.568. The van der Waals surface area contributed by atoms with Gasteiger partial charge >= 0.3 is 8.80 Å². The largest absolute Gasteiger partial charge is 0.529 e. The Hall–Kier alpha value is -1.72. The third kappa shape index (κ3) is 3.15. The summed E-state index contributed by atoms with van der Waals surface area (Å²) >= 11 is 0. The van der Waals surface area contributed by atoms with Crippen molar-refractivity contribution < 1.29 is 14.4 Å². The lowest BCUT2D eigenvalue weighted by Gasteiger charge is -2.12. The molecule has 0 heterocycles. The van der Waals surface area contributed by atoms with E-state index >= 15 is 0 Å². The van der Waals surface area contributed by atoms with E-state index in [4.69, 9.17) is 0 Å². The van der Waals surface area contributed by atoms with Crippen molar-refractivity contribution in [2.75, 3.05) is 0 Å². The van der Waals surface area contributed by atoms with Crippen molar-refractivity contribution in [1.82, 2.24) is 0 Å². The Labute approximate surface area is 107 Å². The van der Waals surface area contributed by atoms with Crippen molar-refractivity contribution >= 4 is 26.1 Å². The molecule has 0 aliphatic heterocycles. The topological polar surface area (TPSA) is 60.7 Å². The van der Waals surface area contributed by atoms with E-state index in [2.05, 4.69) is 0 Å². The lowest BCUT2D eigenvalue weighted by molar-refractivity contribution is 0.249. The molecule has 0 aliphatic carbocycles. The van der Waals surface area contributed by atoms with Crippen LogP contribution in [0.3, 0.4) is 0 Å². The molecule has 0 amide bonds. The average molecular weight is 258 g/mol. The van der Waals surface area contributed by atoms with Crippen LogP contribution in [0.2, 0.25) is 0 Å². The molecule has 92 valence electrons. The van der Waals surface area contributed by atoms with E-state index in [1.165, 1.54) is 6.07 Å². The minimum Gasteiger partial charge on any atom is -0.386 e. The third-order valence-electron chi connectivity index (χ3n) is 2.58. The third-order valence-corrected chi connectivity index (χ3v) is 3.76. The van der Waals surface area contributed by atoms with Gasteiger partial charge in [0.2, 0.25) is 0 Å². The smallest absolute Gasteiger partial charge is 0.386 e. The zero-order valence-electron chi connectivity index (χ0n) is 9.69. The summed E-state index contributed by atoms with van der Waals surface area (Å²) < 4.78 is 0. The van der Waals surface area contributed by atoms with Crippen LogP contribution in [-0.2, 0) is 0 Å². The van der Waals surface area contributed by atoms with Crippen LogP contribution in [0.5, 0.6) is 0 Å². The van der Waals surface area contributed by atoms with E-state index in [1.807, 2.05) is 36.4 Å². The fraction of sp³-hybridized carbons (Fsp3) is 0. The van der Waals surface area contributed by atoms with Gasteiger partial charge in [-0.15, -0.1) is 0 Å². The summed E-state index contributed by atoms with van der Waals surface area (Å²) in [6.07, 6.45) is 3.62. The Bertz CT molecular complexity index is 544. The fourth-order valence-electron chi connectivity index (χ4n) is 1.70. The highest BCUT2D eigenvalue weighted by Gasteiger charge is 2.31. The van der Waals surface area contributed by atoms with Gasteiger partial charge in [-0.2, -0.15) is 0 Å². The summed E-state index contributed by atoms with van der Waals surface area (Å²) in [5.41, 5.74) is 1.62. The number of hydrogen-bond donors (Lipinski definition) is 3. The van der Waals surface area contributed by atoms with Gasteiger partial charge in [-0.05, 0) is 11.1 Å². The maximum atomic E-state index is 9.38. The van der Waals surface area contributed by atoms with Crippen LogP contribution in [-0.4, -0.2) is 23.2 Å². The van der Waals surface area contributed by atoms with Gasteiger partial charge in [-0.1, -0.05) is 66.7 Å². The highest BCUT2D eigenvalue weighted by Crippen LogP contribution is 2.08. The van der Waals surface area contributed by atoms with Gasteiger partial charge in [0, 0.05) is 5.19 Å². The first-order chi connectivity index (χ1) is 8.57. The normalized spacial score (nSPS) is 11.9. The molecule has 0 radical (unpaired) electrons. The number of rotatable bonds is 3. The molecular formula is C14H14O3Si. The lowest BCUT2D eigenvalue weighted by atomic mass is 10.1. The first kappa shape index (κ1) is 12.7. The van der Waals surface area contributed by atoms with E-state index in [1.54, 1.807) is 24.3 Å². The molecule has 0 saturated heterocycles. The van der Waals surface area contributed by atoms with Crippen LogP contribution in [0.15, 0.2) is 54.6 Å². The monoisotopic (exact) mass is 258 g/mol. The second-order valence-corrected chi connectivity index (χ2v) is 5.78. The zero-order chi connectivity index (χ0) is 13.0. The summed E-state index contributed by atoms with van der Waals surface area (Å²) in [6.45, 7) is 0. The van der Waals surface area contributed by atoms with Crippen LogP contribution in [0.25, 0.3) is 12.2 Å². The van der Waals surface area contributed by atoms with Gasteiger partial charge in [-0.3, -0.25) is 0 Å². The van der Waals surface area contributed by atoms with Gasteiger partial charge in [0.15, 0.2) is 0 Å². The molecule has 0 atom stereocenters. The van der Waals surface area contributed by atoms with Gasteiger partial charge in [0.1, 0.15) is 0 Å². The van der Waals surface area contributed by atoms with Crippen molar-refractivity contribution in [2.45, 2.75) is 0 Å². The van der Waals surface area contributed by atoms with Crippen molar-refractivity contribution in [3.05, 3.63) is 65.7 Å². The molecule has 0 aromatic heterocycles. The van der Waals surface area contributed by atoms with Crippen molar-refractivity contribution in [1.29, 1.82) is 0 Å². The Morgan fingerprint density at radius 3 is 2.00 bits per heavy atom. The summed E-state index contributed by atoms with van der Waals surface area (Å²) in [4.78, 5) is 28.1. The molecular weight excluding hydrogens is 244 g/mol. The van der Waals surface area contributed by atoms with Crippen LogP contribution >= 0.6 is 0 Å². The molecule has 0 bridgehead atoms. The maximum Gasteiger partial charge on any atom is 0.529 e. The molecule has 3 nitrogen and oxygen atoms in total. The molecule has 0 aliphatic rings. The van der Waals surface area contributed by atoms with Gasteiger partial charge in [-0.25, -0.2) is 0 Å². The van der Waals surface area contributed by atoms with Crippen LogP contribution < -0.4 is 5.19 Å². The fourth-order valence-corrected chi connectivity index (χ4v) is 2.57. The second kappa shape index (κ2) is 5.28. The zero-order valence-corrected chi connectivity index (χ0v) is 10.7. The Morgan fingerprint density at radius 2 is 1.33 bits per heavy atom. The van der Waals surface area contributed by atoms with E-state index in [-0.39, 0.29) is 5.19 Å². The Kier molecular flexibility index (Phi) is 3.74. The minimum absolute atomic E-state index is 0.192. The SMILES string of the molecule is O[Si](O)(O)c1ccccc1C=Cc1ccccc1. The Balaban J connectivity index is 2.33. The summed E-state index contributed by atoms with van der Waals surface area (Å²) in [5, 5.41) is 0.192. The number of benzene rings is 2. The lowest BCUT2D eigenvalue weighted by Crippen LogP contribution is -2.49. The summed E-state index contributed by atoms with van der Waals surface area (Å²) in [5.74, 6) is 0. The summed E-state index contributed by atoms with van der Waals surface area (Å²) in [7, 11) is -4.27. The van der Waals surface area contributed by atoms with E-state index in [0.717, 1.165) is 5.56 Å². The van der Waals surface area contributed by atoms with E-state index in [9.17, 15) is 14.4 Å². The molecule has 2 aromatic carbocycles. The molecule has 0 unspecified atom stereocenters. The van der Waals surface area contributed by atoms with Crippen molar-refractivity contribution in [2.24, 2.45) is 0 Å². The second-order valence-electron chi connectivity index (χ2n) is 3.97. The molecule has 0 fully saturated rings. The van der Waals surface area contributed by atoms with E-state index in [0.29, 0.717) is 5.56 Å².